The minimum atomic E-state index is -0.636. The molecule has 0 radical (unpaired) electrons. The number of ether oxygens (including phenoxy) is 1. The van der Waals surface area contributed by atoms with Crippen LogP contribution in [0.5, 0.6) is 5.75 Å². The summed E-state index contributed by atoms with van der Waals surface area (Å²) in [6, 6.07) is 24.8. The smallest absolute Gasteiger partial charge is 0.243 e. The van der Waals surface area contributed by atoms with E-state index < -0.39 is 6.04 Å². The van der Waals surface area contributed by atoms with Gasteiger partial charge in [0.15, 0.2) is 0 Å². The van der Waals surface area contributed by atoms with Crippen LogP contribution < -0.4 is 10.1 Å². The molecule has 7 heteroatoms. The molecule has 0 heterocycles. The predicted octanol–water partition coefficient (Wildman–Crippen LogP) is 6.28. The molecular weight excluding hydrogens is 516 g/mol. The second-order valence-corrected chi connectivity index (χ2v) is 11.0. The van der Waals surface area contributed by atoms with Gasteiger partial charge >= 0.3 is 0 Å². The van der Waals surface area contributed by atoms with Gasteiger partial charge in [0.2, 0.25) is 11.8 Å². The van der Waals surface area contributed by atoms with Crippen LogP contribution in [0.4, 0.5) is 0 Å². The highest BCUT2D eigenvalue weighted by Crippen LogP contribution is 2.24. The fourth-order valence-electron chi connectivity index (χ4n) is 4.79. The summed E-state index contributed by atoms with van der Waals surface area (Å²) in [5.41, 5.74) is 2.96. The molecular formula is C31H35ClN2O3S. The fraction of sp³-hybridized carbons (Fsp3) is 0.355. The molecule has 4 rings (SSSR count). The first-order valence-electron chi connectivity index (χ1n) is 13.1. The highest BCUT2D eigenvalue weighted by atomic mass is 35.5. The van der Waals surface area contributed by atoms with Crippen molar-refractivity contribution in [2.24, 2.45) is 0 Å². The van der Waals surface area contributed by atoms with Crippen molar-refractivity contribution in [3.63, 3.8) is 0 Å². The van der Waals surface area contributed by atoms with Crippen LogP contribution in [0.25, 0.3) is 0 Å². The molecule has 1 saturated carbocycles. The van der Waals surface area contributed by atoms with Crippen LogP contribution in [0.15, 0.2) is 78.9 Å². The Morgan fingerprint density at radius 2 is 1.66 bits per heavy atom. The zero-order chi connectivity index (χ0) is 26.7. The summed E-state index contributed by atoms with van der Waals surface area (Å²) in [6.07, 6.45) is 4.66. The lowest BCUT2D eigenvalue weighted by molar-refractivity contribution is -0.139. The Labute approximate surface area is 234 Å². The SMILES string of the molecule is COc1ccc(CSCC(=O)N(Cc2ccccc2Cl)[C@H](Cc2ccccc2)C(=O)NC2CCCC2)cc1. The maximum absolute atomic E-state index is 13.8. The summed E-state index contributed by atoms with van der Waals surface area (Å²) < 4.78 is 5.24. The fourth-order valence-corrected chi connectivity index (χ4v) is 5.86. The number of amides is 2. The van der Waals surface area contributed by atoms with Gasteiger partial charge in [0.1, 0.15) is 11.8 Å². The van der Waals surface area contributed by atoms with Gasteiger partial charge in [0.05, 0.1) is 12.9 Å². The lowest BCUT2D eigenvalue weighted by atomic mass is 10.0. The number of hydrogen-bond donors (Lipinski definition) is 1. The molecule has 1 atom stereocenters. The number of methoxy groups -OCH3 is 1. The molecule has 0 bridgehead atoms. The summed E-state index contributed by atoms with van der Waals surface area (Å²) in [4.78, 5) is 29.2. The van der Waals surface area contributed by atoms with Gasteiger partial charge in [0.25, 0.3) is 0 Å². The molecule has 0 spiro atoms. The van der Waals surface area contributed by atoms with Crippen LogP contribution in [-0.2, 0) is 28.3 Å². The minimum Gasteiger partial charge on any atom is -0.497 e. The normalized spacial score (nSPS) is 14.2. The molecule has 38 heavy (non-hydrogen) atoms. The van der Waals surface area contributed by atoms with Crippen molar-refractivity contribution < 1.29 is 14.3 Å². The maximum atomic E-state index is 13.8. The number of rotatable bonds is 12. The molecule has 5 nitrogen and oxygen atoms in total. The molecule has 1 aliphatic carbocycles. The summed E-state index contributed by atoms with van der Waals surface area (Å²) in [5.74, 6) is 1.58. The van der Waals surface area contributed by atoms with E-state index in [-0.39, 0.29) is 30.2 Å². The van der Waals surface area contributed by atoms with Crippen molar-refractivity contribution in [1.82, 2.24) is 10.2 Å². The number of carbonyl (C=O) groups excluding carboxylic acids is 2. The topological polar surface area (TPSA) is 58.6 Å². The molecule has 2 amide bonds. The van der Waals surface area contributed by atoms with Crippen LogP contribution >= 0.6 is 23.4 Å². The van der Waals surface area contributed by atoms with Crippen molar-refractivity contribution >= 4 is 35.2 Å². The second-order valence-electron chi connectivity index (χ2n) is 9.65. The van der Waals surface area contributed by atoms with E-state index in [1.54, 1.807) is 23.8 Å². The third-order valence-electron chi connectivity index (χ3n) is 6.92. The third kappa shape index (κ3) is 8.02. The van der Waals surface area contributed by atoms with Crippen LogP contribution in [0.2, 0.25) is 5.02 Å². The molecule has 1 fully saturated rings. The number of hydrogen-bond acceptors (Lipinski definition) is 4. The molecule has 3 aromatic carbocycles. The van der Waals surface area contributed by atoms with Crippen molar-refractivity contribution in [3.8, 4) is 5.75 Å². The number of carbonyl (C=O) groups is 2. The largest absolute Gasteiger partial charge is 0.497 e. The Morgan fingerprint density at radius 1 is 0.974 bits per heavy atom. The number of nitrogens with one attached hydrogen (secondary N) is 1. The van der Waals surface area contributed by atoms with Gasteiger partial charge in [-0.1, -0.05) is 85.1 Å². The first-order valence-corrected chi connectivity index (χ1v) is 14.6. The highest BCUT2D eigenvalue weighted by Gasteiger charge is 2.32. The van der Waals surface area contributed by atoms with Crippen molar-refractivity contribution in [3.05, 3.63) is 101 Å². The molecule has 0 aliphatic heterocycles. The lowest BCUT2D eigenvalue weighted by Gasteiger charge is -2.32. The lowest BCUT2D eigenvalue weighted by Crippen LogP contribution is -2.52. The van der Waals surface area contributed by atoms with Crippen LogP contribution in [0.3, 0.4) is 0 Å². The zero-order valence-corrected chi connectivity index (χ0v) is 23.3. The average Bonchev–Trinajstić information content (AvgIpc) is 3.45. The standard InChI is InChI=1S/C31H35ClN2O3S/c1-37-27-17-15-24(16-18-27)21-38-22-30(35)34(20-25-11-5-8-14-28(25)32)29(19-23-9-3-2-4-10-23)31(36)33-26-12-6-7-13-26/h2-5,8-11,14-18,26,29H,6-7,12-13,19-22H2,1H3,(H,33,36)/t29-/m1/s1. The van der Waals surface area contributed by atoms with E-state index in [2.05, 4.69) is 5.32 Å². The molecule has 0 unspecified atom stereocenters. The van der Waals surface area contributed by atoms with E-state index in [1.165, 1.54) is 0 Å². The Morgan fingerprint density at radius 3 is 2.34 bits per heavy atom. The van der Waals surface area contributed by atoms with Gasteiger partial charge in [-0.05, 0) is 47.7 Å². The molecule has 1 aliphatic rings. The highest BCUT2D eigenvalue weighted by molar-refractivity contribution is 7.99. The van der Waals surface area contributed by atoms with Crippen LogP contribution in [0.1, 0.15) is 42.4 Å². The number of halogens is 1. The van der Waals surface area contributed by atoms with Gasteiger partial charge < -0.3 is 15.0 Å². The number of nitrogens with zero attached hydrogens (tertiary/aromatic N) is 1. The zero-order valence-electron chi connectivity index (χ0n) is 21.8. The summed E-state index contributed by atoms with van der Waals surface area (Å²) in [7, 11) is 1.64. The monoisotopic (exact) mass is 550 g/mol. The van der Waals surface area contributed by atoms with Gasteiger partial charge in [-0.2, -0.15) is 0 Å². The van der Waals surface area contributed by atoms with Crippen molar-refractivity contribution in [2.45, 2.75) is 56.5 Å². The third-order valence-corrected chi connectivity index (χ3v) is 8.28. The van der Waals surface area contributed by atoms with Crippen LogP contribution in [0, 0.1) is 0 Å². The van der Waals surface area contributed by atoms with E-state index in [1.807, 2.05) is 78.9 Å². The average molecular weight is 551 g/mol. The van der Waals surface area contributed by atoms with Crippen molar-refractivity contribution in [2.75, 3.05) is 12.9 Å². The van der Waals surface area contributed by atoms with Gasteiger partial charge in [-0.25, -0.2) is 0 Å². The number of thioether (sulfide) groups is 1. The van der Waals surface area contributed by atoms with E-state index in [0.717, 1.165) is 48.1 Å². The maximum Gasteiger partial charge on any atom is 0.243 e. The quantitative estimate of drug-likeness (QED) is 0.288. The summed E-state index contributed by atoms with van der Waals surface area (Å²) >= 11 is 8.05. The molecule has 200 valence electrons. The second kappa shape index (κ2) is 14.3. The van der Waals surface area contributed by atoms with E-state index in [0.29, 0.717) is 17.2 Å². The predicted molar refractivity (Wildman–Crippen MR) is 155 cm³/mol. The first kappa shape index (κ1) is 28.1. The number of benzene rings is 3. The Bertz CT molecular complexity index is 1180. The molecule has 3 aromatic rings. The molecule has 1 N–H and O–H groups in total. The van der Waals surface area contributed by atoms with E-state index in [9.17, 15) is 9.59 Å². The van der Waals surface area contributed by atoms with Crippen LogP contribution in [-0.4, -0.2) is 41.7 Å². The Balaban J connectivity index is 1.55. The minimum absolute atomic E-state index is 0.0778. The van der Waals surface area contributed by atoms with Gasteiger partial charge in [-0.3, -0.25) is 9.59 Å². The summed E-state index contributed by atoms with van der Waals surface area (Å²) in [5, 5.41) is 3.83. The summed E-state index contributed by atoms with van der Waals surface area (Å²) in [6.45, 7) is 0.275. The Kier molecular flexibility index (Phi) is 10.5. The molecule has 0 aromatic heterocycles. The van der Waals surface area contributed by atoms with Gasteiger partial charge in [-0.15, -0.1) is 11.8 Å². The first-order chi connectivity index (χ1) is 18.5. The van der Waals surface area contributed by atoms with E-state index >= 15 is 0 Å². The van der Waals surface area contributed by atoms with Crippen molar-refractivity contribution in [1.29, 1.82) is 0 Å². The molecule has 0 saturated heterocycles. The van der Waals surface area contributed by atoms with Gasteiger partial charge in [0, 0.05) is 29.8 Å². The van der Waals surface area contributed by atoms with E-state index in [4.69, 9.17) is 16.3 Å². The Hall–Kier alpha value is -2.96.